The lowest BCUT2D eigenvalue weighted by atomic mass is 10.2. The average molecular weight is 219 g/mol. The van der Waals surface area contributed by atoms with Gasteiger partial charge in [0.25, 0.3) is 0 Å². The Kier molecular flexibility index (Phi) is 3.05. The predicted octanol–water partition coefficient (Wildman–Crippen LogP) is 1.04. The van der Waals surface area contributed by atoms with Gasteiger partial charge in [0.05, 0.1) is 5.69 Å². The van der Waals surface area contributed by atoms with Gasteiger partial charge in [-0.25, -0.2) is 9.50 Å². The molecule has 2 aromatic heterocycles. The van der Waals surface area contributed by atoms with Crippen molar-refractivity contribution in [3.8, 4) is 0 Å². The van der Waals surface area contributed by atoms with Crippen LogP contribution in [0.5, 0.6) is 0 Å². The van der Waals surface area contributed by atoms with Crippen LogP contribution in [0.1, 0.15) is 12.6 Å². The Morgan fingerprint density at radius 3 is 3.12 bits per heavy atom. The molecule has 1 atom stereocenters. The number of aromatic nitrogens is 3. The molecule has 0 amide bonds. The molecule has 0 saturated carbocycles. The Bertz CT molecular complexity index is 476. The molecule has 0 radical (unpaired) electrons. The zero-order valence-electron chi connectivity index (χ0n) is 9.64. The normalized spacial score (nSPS) is 12.9. The first-order valence-electron chi connectivity index (χ1n) is 5.45. The number of hydrogen-bond acceptors (Lipinski definition) is 4. The molecule has 0 aliphatic rings. The first-order valence-corrected chi connectivity index (χ1v) is 5.45. The maximum atomic E-state index is 5.57. The summed E-state index contributed by atoms with van der Waals surface area (Å²) in [7, 11) is 0. The van der Waals surface area contributed by atoms with Crippen LogP contribution in [-0.2, 0) is 0 Å². The zero-order valence-corrected chi connectivity index (χ0v) is 9.64. The molecule has 0 saturated heterocycles. The number of nitrogens with zero attached hydrogens (tertiary/aromatic N) is 3. The summed E-state index contributed by atoms with van der Waals surface area (Å²) >= 11 is 0. The van der Waals surface area contributed by atoms with Gasteiger partial charge in [-0.15, -0.1) is 0 Å². The molecule has 0 aromatic carbocycles. The molecular weight excluding hydrogens is 202 g/mol. The molecular formula is C11H17N5. The minimum atomic E-state index is 0.436. The van der Waals surface area contributed by atoms with E-state index in [2.05, 4.69) is 22.3 Å². The van der Waals surface area contributed by atoms with Gasteiger partial charge in [-0.05, 0) is 25.5 Å². The van der Waals surface area contributed by atoms with Crippen LogP contribution in [-0.4, -0.2) is 27.7 Å². The van der Waals surface area contributed by atoms with Crippen molar-refractivity contribution in [3.63, 3.8) is 0 Å². The Hall–Kier alpha value is -1.62. The third-order valence-corrected chi connectivity index (χ3v) is 2.53. The van der Waals surface area contributed by atoms with E-state index in [1.165, 1.54) is 0 Å². The molecule has 2 rings (SSSR count). The maximum Gasteiger partial charge on any atom is 0.152 e. The SMILES string of the molecule is Cc1cc2c(NCC(C)CN)nccn2n1. The fourth-order valence-electron chi connectivity index (χ4n) is 1.53. The second kappa shape index (κ2) is 4.49. The lowest BCUT2D eigenvalue weighted by molar-refractivity contribution is 0.627. The largest absolute Gasteiger partial charge is 0.368 e. The van der Waals surface area contributed by atoms with E-state index < -0.39 is 0 Å². The summed E-state index contributed by atoms with van der Waals surface area (Å²) in [6.45, 7) is 5.58. The summed E-state index contributed by atoms with van der Waals surface area (Å²) < 4.78 is 1.83. The molecule has 5 nitrogen and oxygen atoms in total. The van der Waals surface area contributed by atoms with Gasteiger partial charge in [-0.2, -0.15) is 5.10 Å². The Morgan fingerprint density at radius 1 is 1.56 bits per heavy atom. The summed E-state index contributed by atoms with van der Waals surface area (Å²) in [5.74, 6) is 1.30. The van der Waals surface area contributed by atoms with Crippen LogP contribution in [0.25, 0.3) is 5.52 Å². The Labute approximate surface area is 94.7 Å². The van der Waals surface area contributed by atoms with Crippen LogP contribution in [0.3, 0.4) is 0 Å². The molecule has 2 aromatic rings. The smallest absolute Gasteiger partial charge is 0.152 e. The first-order chi connectivity index (χ1) is 7.70. The highest BCUT2D eigenvalue weighted by molar-refractivity contribution is 5.67. The van der Waals surface area contributed by atoms with E-state index in [9.17, 15) is 0 Å². The van der Waals surface area contributed by atoms with Gasteiger partial charge in [-0.1, -0.05) is 6.92 Å². The molecule has 2 heterocycles. The molecule has 86 valence electrons. The van der Waals surface area contributed by atoms with Crippen molar-refractivity contribution in [2.24, 2.45) is 11.7 Å². The van der Waals surface area contributed by atoms with Gasteiger partial charge in [0, 0.05) is 18.9 Å². The molecule has 0 spiro atoms. The third-order valence-electron chi connectivity index (χ3n) is 2.53. The summed E-state index contributed by atoms with van der Waals surface area (Å²) in [6, 6.07) is 2.02. The van der Waals surface area contributed by atoms with Crippen molar-refractivity contribution in [1.82, 2.24) is 14.6 Å². The highest BCUT2D eigenvalue weighted by Crippen LogP contribution is 2.14. The number of nitrogens with two attached hydrogens (primary N) is 1. The van der Waals surface area contributed by atoms with E-state index in [0.29, 0.717) is 12.5 Å². The maximum absolute atomic E-state index is 5.57. The second-order valence-corrected chi connectivity index (χ2v) is 4.11. The second-order valence-electron chi connectivity index (χ2n) is 4.11. The van der Waals surface area contributed by atoms with Crippen molar-refractivity contribution >= 4 is 11.3 Å². The van der Waals surface area contributed by atoms with Gasteiger partial charge in [0.1, 0.15) is 5.52 Å². The van der Waals surface area contributed by atoms with Gasteiger partial charge in [0.15, 0.2) is 5.82 Å². The van der Waals surface area contributed by atoms with Crippen molar-refractivity contribution in [3.05, 3.63) is 24.2 Å². The number of aryl methyl sites for hydroxylation is 1. The van der Waals surface area contributed by atoms with Crippen LogP contribution >= 0.6 is 0 Å². The van der Waals surface area contributed by atoms with Crippen molar-refractivity contribution in [2.45, 2.75) is 13.8 Å². The van der Waals surface area contributed by atoms with Crippen LogP contribution in [0.4, 0.5) is 5.82 Å². The quantitative estimate of drug-likeness (QED) is 0.806. The van der Waals surface area contributed by atoms with E-state index in [4.69, 9.17) is 5.73 Å². The summed E-state index contributed by atoms with van der Waals surface area (Å²) in [4.78, 5) is 4.31. The summed E-state index contributed by atoms with van der Waals surface area (Å²) in [6.07, 6.45) is 3.59. The lowest BCUT2D eigenvalue weighted by Gasteiger charge is -2.10. The molecule has 5 heteroatoms. The van der Waals surface area contributed by atoms with Crippen LogP contribution in [0.15, 0.2) is 18.5 Å². The third kappa shape index (κ3) is 2.14. The van der Waals surface area contributed by atoms with E-state index in [0.717, 1.165) is 23.6 Å². The number of hydrogen-bond donors (Lipinski definition) is 2. The molecule has 0 aliphatic heterocycles. The topological polar surface area (TPSA) is 68.2 Å². The van der Waals surface area contributed by atoms with Crippen LogP contribution in [0.2, 0.25) is 0 Å². The van der Waals surface area contributed by atoms with E-state index in [1.807, 2.05) is 23.7 Å². The first kappa shape index (κ1) is 10.9. The predicted molar refractivity (Wildman–Crippen MR) is 64.4 cm³/mol. The zero-order chi connectivity index (χ0) is 11.5. The van der Waals surface area contributed by atoms with E-state index in [-0.39, 0.29) is 0 Å². The fourth-order valence-corrected chi connectivity index (χ4v) is 1.53. The van der Waals surface area contributed by atoms with Crippen molar-refractivity contribution in [2.75, 3.05) is 18.4 Å². The average Bonchev–Trinajstić information content (AvgIpc) is 2.66. The number of rotatable bonds is 4. The summed E-state index contributed by atoms with van der Waals surface area (Å²) in [5.41, 5.74) is 7.57. The van der Waals surface area contributed by atoms with Crippen LogP contribution in [0, 0.1) is 12.8 Å². The lowest BCUT2D eigenvalue weighted by Crippen LogP contribution is -2.20. The van der Waals surface area contributed by atoms with Crippen molar-refractivity contribution in [1.29, 1.82) is 0 Å². The summed E-state index contributed by atoms with van der Waals surface area (Å²) in [5, 5.41) is 7.63. The standard InChI is InChI=1S/C11H17N5/c1-8(6-12)7-14-11-10-5-9(2)15-16(10)4-3-13-11/h3-5,8H,6-7,12H2,1-2H3,(H,13,14). The molecule has 0 fully saturated rings. The molecule has 0 bridgehead atoms. The van der Waals surface area contributed by atoms with Crippen LogP contribution < -0.4 is 11.1 Å². The number of nitrogens with one attached hydrogen (secondary N) is 1. The van der Waals surface area contributed by atoms with E-state index >= 15 is 0 Å². The monoisotopic (exact) mass is 219 g/mol. The van der Waals surface area contributed by atoms with Gasteiger partial charge in [0.2, 0.25) is 0 Å². The minimum Gasteiger partial charge on any atom is -0.368 e. The molecule has 3 N–H and O–H groups in total. The van der Waals surface area contributed by atoms with Crippen molar-refractivity contribution < 1.29 is 0 Å². The molecule has 1 unspecified atom stereocenters. The van der Waals surface area contributed by atoms with Gasteiger partial charge in [-0.3, -0.25) is 0 Å². The van der Waals surface area contributed by atoms with Gasteiger partial charge < -0.3 is 11.1 Å². The molecule has 0 aliphatic carbocycles. The number of anilines is 1. The Balaban J connectivity index is 2.23. The fraction of sp³-hybridized carbons (Fsp3) is 0.455. The highest BCUT2D eigenvalue weighted by Gasteiger charge is 2.06. The van der Waals surface area contributed by atoms with Gasteiger partial charge >= 0.3 is 0 Å². The van der Waals surface area contributed by atoms with E-state index in [1.54, 1.807) is 6.20 Å². The Morgan fingerprint density at radius 2 is 2.38 bits per heavy atom. The number of fused-ring (bicyclic) bond motifs is 1. The molecule has 16 heavy (non-hydrogen) atoms. The highest BCUT2D eigenvalue weighted by atomic mass is 15.2. The minimum absolute atomic E-state index is 0.436.